The average Bonchev–Trinajstić information content (AvgIpc) is 2.64. The minimum atomic E-state index is 1.12. The fourth-order valence-corrected chi connectivity index (χ4v) is 2.60. The van der Waals surface area contributed by atoms with Crippen molar-refractivity contribution in [3.63, 3.8) is 0 Å². The molecule has 0 spiro atoms. The summed E-state index contributed by atoms with van der Waals surface area (Å²) in [5, 5.41) is 0. The van der Waals surface area contributed by atoms with Gasteiger partial charge >= 0.3 is 0 Å². The number of rotatable bonds is 12. The lowest BCUT2D eigenvalue weighted by molar-refractivity contribution is 0.967. The average molecular weight is 405 g/mol. The van der Waals surface area contributed by atoms with Crippen LogP contribution in [0.1, 0.15) is 81.1 Å². The van der Waals surface area contributed by atoms with Crippen LogP contribution in [-0.2, 0) is 0 Å². The van der Waals surface area contributed by atoms with Crippen LogP contribution in [0.3, 0.4) is 0 Å². The molecule has 0 nitrogen and oxygen atoms in total. The summed E-state index contributed by atoms with van der Waals surface area (Å²) >= 11 is 0. The maximum atomic E-state index is 2.30. The normalized spacial score (nSPS) is 14.3. The summed E-state index contributed by atoms with van der Waals surface area (Å²) in [6.45, 7) is 17.3. The largest absolute Gasteiger partial charge is 0.0856 e. The van der Waals surface area contributed by atoms with Crippen LogP contribution in [0.5, 0.6) is 0 Å². The summed E-state index contributed by atoms with van der Waals surface area (Å²) < 4.78 is 0. The second kappa shape index (κ2) is 17.5. The van der Waals surface area contributed by atoms with Crippen LogP contribution >= 0.6 is 0 Å². The number of allylic oxidation sites excluding steroid dienone is 18. The van der Waals surface area contributed by atoms with Crippen LogP contribution in [0.25, 0.3) is 0 Å². The Hall–Kier alpha value is -2.34. The Kier molecular flexibility index (Phi) is 16.1. The van der Waals surface area contributed by atoms with E-state index >= 15 is 0 Å². The van der Waals surface area contributed by atoms with Crippen molar-refractivity contribution in [3.8, 4) is 0 Å². The quantitative estimate of drug-likeness (QED) is 0.224. The van der Waals surface area contributed by atoms with Gasteiger partial charge in [0.05, 0.1) is 0 Å². The maximum Gasteiger partial charge on any atom is -0.0285 e. The molecule has 0 saturated carbocycles. The minimum Gasteiger partial charge on any atom is -0.0856 e. The van der Waals surface area contributed by atoms with Gasteiger partial charge in [-0.2, -0.15) is 0 Å². The molecule has 0 atom stereocenters. The second-order valence-corrected chi connectivity index (χ2v) is 8.59. The first-order valence-corrected chi connectivity index (χ1v) is 11.2. The van der Waals surface area contributed by atoms with Crippen molar-refractivity contribution in [1.29, 1.82) is 0 Å². The Morgan fingerprint density at radius 2 is 0.833 bits per heavy atom. The van der Waals surface area contributed by atoms with Crippen molar-refractivity contribution in [1.82, 2.24) is 0 Å². The van der Waals surface area contributed by atoms with Gasteiger partial charge in [-0.1, -0.05) is 106 Å². The smallest absolute Gasteiger partial charge is 0.0285 e. The summed E-state index contributed by atoms with van der Waals surface area (Å²) in [5.74, 6) is 0. The van der Waals surface area contributed by atoms with Crippen molar-refractivity contribution in [3.05, 3.63) is 106 Å². The van der Waals surface area contributed by atoms with Crippen LogP contribution < -0.4 is 0 Å². The van der Waals surface area contributed by atoms with Gasteiger partial charge in [-0.3, -0.25) is 0 Å². The third kappa shape index (κ3) is 19.0. The highest BCUT2D eigenvalue weighted by Crippen LogP contribution is 2.08. The van der Waals surface area contributed by atoms with Gasteiger partial charge in [-0.25, -0.2) is 0 Å². The van der Waals surface area contributed by atoms with E-state index in [0.717, 1.165) is 25.7 Å². The number of hydrogen-bond donors (Lipinski definition) is 0. The van der Waals surface area contributed by atoms with Gasteiger partial charge in [-0.05, 0) is 81.1 Å². The molecular formula is C30H44. The standard InChI is InChI=1S/C30H44/c1-25(2)15-11-19-29(7)23-13-21-27(5)17-9-10-18-28(6)22-14-24-30(8)20-12-16-26(3)4/h9-10,13-18,21-24H,11-12,19-20H2,1-8H3. The van der Waals surface area contributed by atoms with Crippen LogP contribution in [0.15, 0.2) is 106 Å². The van der Waals surface area contributed by atoms with Gasteiger partial charge < -0.3 is 0 Å². The van der Waals surface area contributed by atoms with Gasteiger partial charge in [0.2, 0.25) is 0 Å². The van der Waals surface area contributed by atoms with Crippen molar-refractivity contribution in [2.24, 2.45) is 0 Å². The predicted molar refractivity (Wildman–Crippen MR) is 140 cm³/mol. The zero-order valence-corrected chi connectivity index (χ0v) is 20.8. The molecule has 0 fully saturated rings. The predicted octanol–water partition coefficient (Wildman–Crippen LogP) is 9.93. The number of hydrogen-bond acceptors (Lipinski definition) is 0. The molecule has 0 rings (SSSR count). The van der Waals surface area contributed by atoms with Gasteiger partial charge in [0.1, 0.15) is 0 Å². The Morgan fingerprint density at radius 1 is 0.467 bits per heavy atom. The molecule has 0 saturated heterocycles. The molecule has 0 aliphatic heterocycles. The SMILES string of the molecule is CC(C)=CCCC(C)=CC=CC(C)=CC=CC=C(C)C=CC=C(C)CCC=C(C)C. The highest BCUT2D eigenvalue weighted by atomic mass is 13.9. The van der Waals surface area contributed by atoms with Crippen molar-refractivity contribution < 1.29 is 0 Å². The summed E-state index contributed by atoms with van der Waals surface area (Å²) in [4.78, 5) is 0. The van der Waals surface area contributed by atoms with E-state index in [1.165, 1.54) is 33.4 Å². The molecule has 0 heteroatoms. The summed E-state index contributed by atoms with van der Waals surface area (Å²) in [6.07, 6.45) is 30.6. The van der Waals surface area contributed by atoms with Crippen molar-refractivity contribution >= 4 is 0 Å². The molecule has 0 aromatic heterocycles. The zero-order chi connectivity index (χ0) is 22.8. The monoisotopic (exact) mass is 404 g/mol. The van der Waals surface area contributed by atoms with Gasteiger partial charge in [0.15, 0.2) is 0 Å². The highest BCUT2D eigenvalue weighted by molar-refractivity contribution is 5.29. The Balaban J connectivity index is 4.50. The summed E-state index contributed by atoms with van der Waals surface area (Å²) in [7, 11) is 0. The highest BCUT2D eigenvalue weighted by Gasteiger charge is 1.88. The molecule has 30 heavy (non-hydrogen) atoms. The Labute approximate surface area is 187 Å². The Bertz CT molecular complexity index is 691. The molecule has 0 amide bonds. The first-order valence-electron chi connectivity index (χ1n) is 11.2. The molecule has 0 aromatic carbocycles. The van der Waals surface area contributed by atoms with E-state index < -0.39 is 0 Å². The fourth-order valence-electron chi connectivity index (χ4n) is 2.60. The second-order valence-electron chi connectivity index (χ2n) is 8.59. The Morgan fingerprint density at radius 3 is 1.17 bits per heavy atom. The maximum absolute atomic E-state index is 2.30. The van der Waals surface area contributed by atoms with Crippen LogP contribution in [-0.4, -0.2) is 0 Å². The van der Waals surface area contributed by atoms with Crippen LogP contribution in [0.4, 0.5) is 0 Å². The van der Waals surface area contributed by atoms with Crippen molar-refractivity contribution in [2.45, 2.75) is 81.1 Å². The first-order chi connectivity index (χ1) is 14.2. The molecule has 0 radical (unpaired) electrons. The van der Waals surface area contributed by atoms with E-state index in [2.05, 4.69) is 128 Å². The third-order valence-corrected chi connectivity index (χ3v) is 4.49. The summed E-state index contributed by atoms with van der Waals surface area (Å²) in [5.41, 5.74) is 8.11. The summed E-state index contributed by atoms with van der Waals surface area (Å²) in [6, 6.07) is 0. The molecular weight excluding hydrogens is 360 g/mol. The molecule has 0 bridgehead atoms. The molecule has 0 heterocycles. The molecule has 164 valence electrons. The first kappa shape index (κ1) is 27.7. The molecule has 0 unspecified atom stereocenters. The van der Waals surface area contributed by atoms with E-state index in [9.17, 15) is 0 Å². The lowest BCUT2D eigenvalue weighted by Gasteiger charge is -1.96. The van der Waals surface area contributed by atoms with Crippen LogP contribution in [0.2, 0.25) is 0 Å². The van der Waals surface area contributed by atoms with Crippen molar-refractivity contribution in [2.75, 3.05) is 0 Å². The zero-order valence-electron chi connectivity index (χ0n) is 20.8. The van der Waals surface area contributed by atoms with Gasteiger partial charge in [0, 0.05) is 0 Å². The topological polar surface area (TPSA) is 0 Å². The van der Waals surface area contributed by atoms with Gasteiger partial charge in [-0.15, -0.1) is 0 Å². The fraction of sp³-hybridized carbons (Fsp3) is 0.400. The van der Waals surface area contributed by atoms with Crippen LogP contribution in [0, 0.1) is 0 Å². The molecule has 0 aliphatic rings. The lowest BCUT2D eigenvalue weighted by atomic mass is 10.1. The molecule has 0 N–H and O–H groups in total. The van der Waals surface area contributed by atoms with E-state index in [1.807, 2.05) is 0 Å². The van der Waals surface area contributed by atoms with E-state index in [-0.39, 0.29) is 0 Å². The minimum absolute atomic E-state index is 1.12. The third-order valence-electron chi connectivity index (χ3n) is 4.49. The van der Waals surface area contributed by atoms with E-state index in [0.29, 0.717) is 0 Å². The van der Waals surface area contributed by atoms with E-state index in [1.54, 1.807) is 0 Å². The molecule has 0 aliphatic carbocycles. The van der Waals surface area contributed by atoms with Gasteiger partial charge in [0.25, 0.3) is 0 Å². The molecule has 0 aromatic rings. The lowest BCUT2D eigenvalue weighted by Crippen LogP contribution is -1.76. The van der Waals surface area contributed by atoms with E-state index in [4.69, 9.17) is 0 Å².